The van der Waals surface area contributed by atoms with Crippen molar-refractivity contribution in [3.8, 4) is 5.69 Å². The molecule has 0 spiro atoms. The number of hydrogen-bond acceptors (Lipinski definition) is 2. The number of halogens is 1. The third-order valence-electron chi connectivity index (χ3n) is 3.20. The zero-order valence-electron chi connectivity index (χ0n) is 9.44. The molecular weight excluding hydrogens is 278 g/mol. The topological polar surface area (TPSA) is 43.8 Å². The van der Waals surface area contributed by atoms with E-state index >= 15 is 0 Å². The van der Waals surface area contributed by atoms with Crippen LogP contribution in [0.1, 0.15) is 18.5 Å². The molecule has 3 nitrogen and oxygen atoms in total. The van der Waals surface area contributed by atoms with Crippen LogP contribution in [0.5, 0.6) is 0 Å². The van der Waals surface area contributed by atoms with Gasteiger partial charge in [0, 0.05) is 28.3 Å². The SMILES string of the molecule is NC1(Cc2ccnn2-c2cccc(Br)c2)CC1. The lowest BCUT2D eigenvalue weighted by Gasteiger charge is -2.11. The Labute approximate surface area is 109 Å². The predicted molar refractivity (Wildman–Crippen MR) is 71.1 cm³/mol. The zero-order chi connectivity index (χ0) is 11.9. The summed E-state index contributed by atoms with van der Waals surface area (Å²) in [5.41, 5.74) is 8.44. The van der Waals surface area contributed by atoms with Crippen LogP contribution in [0.25, 0.3) is 5.69 Å². The van der Waals surface area contributed by atoms with Gasteiger partial charge in [0.2, 0.25) is 0 Å². The Bertz CT molecular complexity index is 543. The summed E-state index contributed by atoms with van der Waals surface area (Å²) in [6.07, 6.45) is 4.98. The van der Waals surface area contributed by atoms with Crippen LogP contribution >= 0.6 is 15.9 Å². The van der Waals surface area contributed by atoms with Gasteiger partial charge in [-0.15, -0.1) is 0 Å². The van der Waals surface area contributed by atoms with Crippen molar-refractivity contribution in [1.29, 1.82) is 0 Å². The third-order valence-corrected chi connectivity index (χ3v) is 3.69. The van der Waals surface area contributed by atoms with Crippen LogP contribution in [0.4, 0.5) is 0 Å². The van der Waals surface area contributed by atoms with E-state index in [1.807, 2.05) is 29.1 Å². The molecule has 1 aliphatic carbocycles. The fourth-order valence-corrected chi connectivity index (χ4v) is 2.39. The summed E-state index contributed by atoms with van der Waals surface area (Å²) in [6.45, 7) is 0. The second kappa shape index (κ2) is 3.96. The molecular formula is C13H14BrN3. The summed E-state index contributed by atoms with van der Waals surface area (Å²) in [7, 11) is 0. The lowest BCUT2D eigenvalue weighted by molar-refractivity contribution is 0.637. The van der Waals surface area contributed by atoms with Crippen LogP contribution in [-0.4, -0.2) is 15.3 Å². The first-order valence-corrected chi connectivity index (χ1v) is 6.53. The molecule has 3 rings (SSSR count). The van der Waals surface area contributed by atoms with Gasteiger partial charge in [0.1, 0.15) is 0 Å². The van der Waals surface area contributed by atoms with Crippen molar-refractivity contribution >= 4 is 15.9 Å². The molecule has 1 aromatic carbocycles. The molecule has 1 heterocycles. The monoisotopic (exact) mass is 291 g/mol. The summed E-state index contributed by atoms with van der Waals surface area (Å²) in [5.74, 6) is 0. The maximum Gasteiger partial charge on any atom is 0.0660 e. The smallest absolute Gasteiger partial charge is 0.0660 e. The summed E-state index contributed by atoms with van der Waals surface area (Å²) < 4.78 is 3.03. The molecule has 0 unspecified atom stereocenters. The standard InChI is InChI=1S/C13H14BrN3/c14-10-2-1-3-11(8-10)17-12(4-7-16-17)9-13(15)5-6-13/h1-4,7-8H,5-6,9,15H2. The first-order chi connectivity index (χ1) is 8.16. The number of rotatable bonds is 3. The highest BCUT2D eigenvalue weighted by Crippen LogP contribution is 2.35. The van der Waals surface area contributed by atoms with Crippen LogP contribution in [0.2, 0.25) is 0 Å². The van der Waals surface area contributed by atoms with Crippen LogP contribution in [0, 0.1) is 0 Å². The van der Waals surface area contributed by atoms with E-state index in [-0.39, 0.29) is 5.54 Å². The lowest BCUT2D eigenvalue weighted by Crippen LogP contribution is -2.25. The van der Waals surface area contributed by atoms with E-state index in [1.54, 1.807) is 0 Å². The Morgan fingerprint density at radius 2 is 2.18 bits per heavy atom. The third kappa shape index (κ3) is 2.28. The summed E-state index contributed by atoms with van der Waals surface area (Å²) >= 11 is 3.48. The van der Waals surface area contributed by atoms with Crippen molar-refractivity contribution in [2.45, 2.75) is 24.8 Å². The number of benzene rings is 1. The Morgan fingerprint density at radius 1 is 1.35 bits per heavy atom. The van der Waals surface area contributed by atoms with Crippen LogP contribution in [0.15, 0.2) is 41.0 Å². The highest BCUT2D eigenvalue weighted by atomic mass is 79.9. The minimum atomic E-state index is 0.0177. The zero-order valence-corrected chi connectivity index (χ0v) is 11.0. The molecule has 0 atom stereocenters. The van der Waals surface area contributed by atoms with E-state index in [9.17, 15) is 0 Å². The second-order valence-electron chi connectivity index (χ2n) is 4.75. The molecule has 88 valence electrons. The molecule has 2 aromatic rings. The van der Waals surface area contributed by atoms with E-state index in [4.69, 9.17) is 5.73 Å². The van der Waals surface area contributed by atoms with Crippen molar-refractivity contribution in [2.75, 3.05) is 0 Å². The number of hydrogen-bond donors (Lipinski definition) is 1. The van der Waals surface area contributed by atoms with Crippen molar-refractivity contribution in [3.05, 3.63) is 46.7 Å². The van der Waals surface area contributed by atoms with E-state index in [0.717, 1.165) is 29.4 Å². The summed E-state index contributed by atoms with van der Waals surface area (Å²) in [5, 5.41) is 4.38. The fourth-order valence-electron chi connectivity index (χ4n) is 2.00. The predicted octanol–water partition coefficient (Wildman–Crippen LogP) is 2.67. The van der Waals surface area contributed by atoms with E-state index < -0.39 is 0 Å². The molecule has 1 fully saturated rings. The van der Waals surface area contributed by atoms with Gasteiger partial charge in [-0.25, -0.2) is 4.68 Å². The maximum absolute atomic E-state index is 6.16. The van der Waals surface area contributed by atoms with E-state index in [2.05, 4.69) is 33.2 Å². The molecule has 0 aliphatic heterocycles. The summed E-state index contributed by atoms with van der Waals surface area (Å²) in [4.78, 5) is 0. The molecule has 1 aliphatic rings. The Kier molecular flexibility index (Phi) is 2.56. The van der Waals surface area contributed by atoms with E-state index in [1.165, 1.54) is 5.69 Å². The van der Waals surface area contributed by atoms with Gasteiger partial charge in [-0.05, 0) is 37.1 Å². The number of aromatic nitrogens is 2. The summed E-state index contributed by atoms with van der Waals surface area (Å²) in [6, 6.07) is 10.2. The minimum Gasteiger partial charge on any atom is -0.325 e. The van der Waals surface area contributed by atoms with Crippen molar-refractivity contribution in [3.63, 3.8) is 0 Å². The maximum atomic E-state index is 6.16. The Morgan fingerprint density at radius 3 is 2.88 bits per heavy atom. The molecule has 1 aromatic heterocycles. The molecule has 0 radical (unpaired) electrons. The highest BCUT2D eigenvalue weighted by Gasteiger charge is 2.38. The van der Waals surface area contributed by atoms with Crippen LogP contribution in [0.3, 0.4) is 0 Å². The first-order valence-electron chi connectivity index (χ1n) is 5.74. The average molecular weight is 292 g/mol. The minimum absolute atomic E-state index is 0.0177. The molecule has 17 heavy (non-hydrogen) atoms. The van der Waals surface area contributed by atoms with E-state index in [0.29, 0.717) is 0 Å². The molecule has 1 saturated carbocycles. The van der Waals surface area contributed by atoms with Gasteiger partial charge in [-0.3, -0.25) is 0 Å². The molecule has 0 saturated heterocycles. The number of nitrogens with zero attached hydrogens (tertiary/aromatic N) is 2. The average Bonchev–Trinajstić information content (AvgIpc) is 2.86. The number of nitrogens with two attached hydrogens (primary N) is 1. The van der Waals surface area contributed by atoms with Crippen LogP contribution < -0.4 is 5.73 Å². The Balaban J connectivity index is 1.95. The van der Waals surface area contributed by atoms with Gasteiger partial charge in [0.25, 0.3) is 0 Å². The molecule has 4 heteroatoms. The van der Waals surface area contributed by atoms with Gasteiger partial charge in [-0.1, -0.05) is 22.0 Å². The highest BCUT2D eigenvalue weighted by molar-refractivity contribution is 9.10. The lowest BCUT2D eigenvalue weighted by atomic mass is 10.1. The second-order valence-corrected chi connectivity index (χ2v) is 5.67. The van der Waals surface area contributed by atoms with Gasteiger partial charge in [0.15, 0.2) is 0 Å². The van der Waals surface area contributed by atoms with Gasteiger partial charge in [-0.2, -0.15) is 5.10 Å². The van der Waals surface area contributed by atoms with Gasteiger partial charge >= 0.3 is 0 Å². The first kappa shape index (κ1) is 11.0. The largest absolute Gasteiger partial charge is 0.325 e. The molecule has 0 bridgehead atoms. The van der Waals surface area contributed by atoms with Crippen molar-refractivity contribution in [2.24, 2.45) is 5.73 Å². The van der Waals surface area contributed by atoms with Crippen LogP contribution in [-0.2, 0) is 6.42 Å². The van der Waals surface area contributed by atoms with Crippen molar-refractivity contribution < 1.29 is 0 Å². The molecule has 0 amide bonds. The Hall–Kier alpha value is -1.13. The normalized spacial score (nSPS) is 17.1. The van der Waals surface area contributed by atoms with Crippen molar-refractivity contribution in [1.82, 2.24) is 9.78 Å². The molecule has 2 N–H and O–H groups in total. The van der Waals surface area contributed by atoms with Gasteiger partial charge < -0.3 is 5.73 Å². The fraction of sp³-hybridized carbons (Fsp3) is 0.308. The van der Waals surface area contributed by atoms with Gasteiger partial charge in [0.05, 0.1) is 5.69 Å². The quantitative estimate of drug-likeness (QED) is 0.945.